The molecule has 1 aliphatic rings. The average Bonchev–Trinajstić information content (AvgIpc) is 3.50. The van der Waals surface area contributed by atoms with E-state index in [1.54, 1.807) is 40.2 Å². The molecule has 0 radical (unpaired) electrons. The van der Waals surface area contributed by atoms with Crippen LogP contribution in [-0.2, 0) is 11.3 Å². The number of ether oxygens (including phenoxy) is 6. The summed E-state index contributed by atoms with van der Waals surface area (Å²) >= 11 is 7.74. The van der Waals surface area contributed by atoms with Crippen molar-refractivity contribution in [1.82, 2.24) is 10.6 Å². The number of hydrogen-bond acceptors (Lipinski definition) is 10. The van der Waals surface area contributed by atoms with Gasteiger partial charge in [0.1, 0.15) is 0 Å². The fraction of sp³-hybridized carbons (Fsp3) is 0.419. The molecular weight excluding hydrogens is 580 g/mol. The van der Waals surface area contributed by atoms with E-state index in [2.05, 4.69) is 11.5 Å². The quantitative estimate of drug-likeness (QED) is 0.107. The summed E-state index contributed by atoms with van der Waals surface area (Å²) < 4.78 is 35.1. The van der Waals surface area contributed by atoms with E-state index >= 15 is 0 Å². The van der Waals surface area contributed by atoms with Gasteiger partial charge in [0.25, 0.3) is 0 Å². The predicted molar refractivity (Wildman–Crippen MR) is 164 cm³/mol. The molecule has 3 aromatic carbocycles. The summed E-state index contributed by atoms with van der Waals surface area (Å²) in [6, 6.07) is 15.7. The maximum atomic E-state index is 9.75. The Hall–Kier alpha value is -2.86. The highest BCUT2D eigenvalue weighted by Gasteiger charge is 2.31. The second-order valence-electron chi connectivity index (χ2n) is 9.72. The first-order valence-electron chi connectivity index (χ1n) is 13.7. The van der Waals surface area contributed by atoms with E-state index in [1.165, 1.54) is 11.9 Å². The summed E-state index contributed by atoms with van der Waals surface area (Å²) in [7, 11) is 7.95. The van der Waals surface area contributed by atoms with Gasteiger partial charge < -0.3 is 28.4 Å². The van der Waals surface area contributed by atoms with E-state index in [0.717, 1.165) is 51.9 Å². The maximum Gasteiger partial charge on any atom is 0.203 e. The third-order valence-electron chi connectivity index (χ3n) is 6.94. The van der Waals surface area contributed by atoms with E-state index in [4.69, 9.17) is 40.0 Å². The molecule has 1 fully saturated rings. The molecule has 0 unspecified atom stereocenters. The molecule has 0 bridgehead atoms. The lowest BCUT2D eigenvalue weighted by atomic mass is 10.0. The first-order valence-corrected chi connectivity index (χ1v) is 15.1. The Balaban J connectivity index is 1.48. The summed E-state index contributed by atoms with van der Waals surface area (Å²) in [5.41, 5.74) is 5.72. The number of hydrogen-bond donors (Lipinski definition) is 2. The monoisotopic (exact) mass is 618 g/mol. The van der Waals surface area contributed by atoms with Crippen molar-refractivity contribution < 1.29 is 33.6 Å². The summed E-state index contributed by atoms with van der Waals surface area (Å²) in [6.07, 6.45) is 2.18. The third-order valence-corrected chi connectivity index (χ3v) is 8.29. The number of nitrogens with one attached hydrogen (secondary N) is 1. The largest absolute Gasteiger partial charge is 0.493 e. The highest BCUT2D eigenvalue weighted by molar-refractivity contribution is 7.99. The summed E-state index contributed by atoms with van der Waals surface area (Å²) in [6.45, 7) is 0.858. The van der Waals surface area contributed by atoms with Crippen LogP contribution >= 0.6 is 23.4 Å². The van der Waals surface area contributed by atoms with E-state index < -0.39 is 0 Å². The van der Waals surface area contributed by atoms with Crippen LogP contribution in [0.15, 0.2) is 53.4 Å². The zero-order valence-electron chi connectivity index (χ0n) is 24.6. The molecule has 2 atom stereocenters. The third kappa shape index (κ3) is 8.15. The van der Waals surface area contributed by atoms with Gasteiger partial charge in [-0.05, 0) is 78.9 Å². The van der Waals surface area contributed by atoms with Gasteiger partial charge in [0.15, 0.2) is 23.0 Å². The van der Waals surface area contributed by atoms with Crippen LogP contribution < -0.4 is 29.1 Å². The number of rotatable bonds is 15. The minimum absolute atomic E-state index is 0.145. The maximum absolute atomic E-state index is 9.75. The molecule has 0 saturated carbocycles. The second kappa shape index (κ2) is 15.6. The van der Waals surface area contributed by atoms with Gasteiger partial charge in [-0.15, -0.1) is 16.9 Å². The average molecular weight is 619 g/mol. The topological polar surface area (TPSA) is 90.9 Å². The number of nitrogens with zero attached hydrogens (tertiary/aromatic N) is 1. The minimum atomic E-state index is -0.154. The Bertz CT molecular complexity index is 1280. The molecule has 228 valence electrons. The fourth-order valence-electron chi connectivity index (χ4n) is 4.88. The van der Waals surface area contributed by atoms with Crippen LogP contribution in [-0.4, -0.2) is 58.2 Å². The van der Waals surface area contributed by atoms with Crippen LogP contribution in [0, 0.1) is 0 Å². The lowest BCUT2D eigenvalue weighted by Crippen LogP contribution is -2.30. The molecule has 9 nitrogen and oxygen atoms in total. The van der Waals surface area contributed by atoms with Crippen LogP contribution in [0.5, 0.6) is 28.7 Å². The first kappa shape index (κ1) is 32.1. The number of benzene rings is 3. The SMILES string of the molecule is COc1cc([C@H]2CC[C@H](c3cc(OC)c(OC)c(OC)c3)O2)cc(CNN(C)O)c1OCCCSc1ccc(Cl)cc1. The Morgan fingerprint density at radius 2 is 1.45 bits per heavy atom. The number of hydrazine groups is 1. The Kier molecular flexibility index (Phi) is 11.9. The molecule has 0 aromatic heterocycles. The van der Waals surface area contributed by atoms with Crippen molar-refractivity contribution in [2.45, 2.75) is 42.9 Å². The smallest absolute Gasteiger partial charge is 0.203 e. The predicted octanol–water partition coefficient (Wildman–Crippen LogP) is 6.85. The van der Waals surface area contributed by atoms with Crippen LogP contribution in [0.2, 0.25) is 5.02 Å². The van der Waals surface area contributed by atoms with E-state index in [9.17, 15) is 5.21 Å². The van der Waals surface area contributed by atoms with Gasteiger partial charge in [0, 0.05) is 34.8 Å². The van der Waals surface area contributed by atoms with Gasteiger partial charge >= 0.3 is 0 Å². The van der Waals surface area contributed by atoms with Crippen LogP contribution in [0.3, 0.4) is 0 Å². The normalized spacial score (nSPS) is 16.5. The minimum Gasteiger partial charge on any atom is -0.493 e. The van der Waals surface area contributed by atoms with Crippen molar-refractivity contribution >= 4 is 23.4 Å². The molecule has 1 heterocycles. The molecule has 1 aliphatic heterocycles. The van der Waals surface area contributed by atoms with E-state index in [1.807, 2.05) is 42.5 Å². The lowest BCUT2D eigenvalue weighted by Gasteiger charge is -2.21. The number of hydroxylamine groups is 1. The summed E-state index contributed by atoms with van der Waals surface area (Å²) in [5, 5.41) is 11.4. The van der Waals surface area contributed by atoms with E-state index in [0.29, 0.717) is 41.9 Å². The van der Waals surface area contributed by atoms with Crippen molar-refractivity contribution in [2.75, 3.05) is 47.8 Å². The highest BCUT2D eigenvalue weighted by Crippen LogP contribution is 2.47. The van der Waals surface area contributed by atoms with Gasteiger partial charge in [0.2, 0.25) is 5.75 Å². The zero-order valence-corrected chi connectivity index (χ0v) is 26.2. The highest BCUT2D eigenvalue weighted by atomic mass is 35.5. The summed E-state index contributed by atoms with van der Waals surface area (Å²) in [4.78, 5) is 1.17. The zero-order chi connectivity index (χ0) is 30.1. The van der Waals surface area contributed by atoms with Gasteiger partial charge in [-0.1, -0.05) is 11.6 Å². The summed E-state index contributed by atoms with van der Waals surface area (Å²) in [5.74, 6) is 3.90. The van der Waals surface area contributed by atoms with Crippen molar-refractivity contribution in [1.29, 1.82) is 0 Å². The molecule has 11 heteroatoms. The Morgan fingerprint density at radius 3 is 2.00 bits per heavy atom. The Labute approximate surface area is 256 Å². The van der Waals surface area contributed by atoms with Gasteiger partial charge in [-0.2, -0.15) is 0 Å². The van der Waals surface area contributed by atoms with Gasteiger partial charge in [-0.3, -0.25) is 5.21 Å². The molecule has 0 spiro atoms. The molecule has 42 heavy (non-hydrogen) atoms. The first-order chi connectivity index (χ1) is 20.4. The van der Waals surface area contributed by atoms with Crippen LogP contribution in [0.25, 0.3) is 0 Å². The second-order valence-corrected chi connectivity index (χ2v) is 11.3. The van der Waals surface area contributed by atoms with Crippen molar-refractivity contribution in [3.63, 3.8) is 0 Å². The Morgan fingerprint density at radius 1 is 0.881 bits per heavy atom. The number of methoxy groups -OCH3 is 4. The molecule has 1 saturated heterocycles. The van der Waals surface area contributed by atoms with Crippen molar-refractivity contribution in [3.8, 4) is 28.7 Å². The van der Waals surface area contributed by atoms with Gasteiger partial charge in [0.05, 0.1) is 47.3 Å². The molecule has 0 aliphatic carbocycles. The molecule has 0 amide bonds. The molecular formula is C31H39ClN2O7S. The van der Waals surface area contributed by atoms with Crippen molar-refractivity contribution in [2.24, 2.45) is 0 Å². The number of halogens is 1. The molecule has 4 rings (SSSR count). The van der Waals surface area contributed by atoms with Crippen LogP contribution in [0.1, 0.15) is 48.2 Å². The van der Waals surface area contributed by atoms with E-state index in [-0.39, 0.29) is 12.2 Å². The lowest BCUT2D eigenvalue weighted by molar-refractivity contribution is -0.114. The number of thioether (sulfide) groups is 1. The molecule has 2 N–H and O–H groups in total. The standard InChI is InChI=1S/C31H39ClN2O7S/c1-34(35)33-19-22-15-20(16-27(36-2)30(22)40-13-6-14-42-24-9-7-23(32)8-10-24)25-11-12-26(41-25)21-17-28(37-3)31(39-5)29(18-21)38-4/h7-10,15-18,25-26,33,35H,6,11-14,19H2,1-5H3/t25-,26-/m1/s1. The van der Waals surface area contributed by atoms with Crippen molar-refractivity contribution in [3.05, 3.63) is 70.2 Å². The molecule has 3 aromatic rings. The van der Waals surface area contributed by atoms with Gasteiger partial charge in [-0.25, -0.2) is 5.43 Å². The van der Waals surface area contributed by atoms with Crippen LogP contribution in [0.4, 0.5) is 0 Å². The fourth-order valence-corrected chi connectivity index (χ4v) is 5.84.